The van der Waals surface area contributed by atoms with Gasteiger partial charge in [-0.25, -0.2) is 0 Å². The van der Waals surface area contributed by atoms with Gasteiger partial charge in [-0.05, 0) is 51.3 Å². The largest absolute Gasteiger partial charge is 0.486 e. The van der Waals surface area contributed by atoms with E-state index in [2.05, 4.69) is 76.6 Å². The predicted molar refractivity (Wildman–Crippen MR) is 130 cm³/mol. The molecule has 6 nitrogen and oxygen atoms in total. The number of rotatable bonds is 8. The highest BCUT2D eigenvalue weighted by Gasteiger charge is 2.22. The van der Waals surface area contributed by atoms with Crippen LogP contribution < -0.4 is 10.1 Å². The first-order valence-electron chi connectivity index (χ1n) is 10.7. The zero-order chi connectivity index (χ0) is 23.4. The summed E-state index contributed by atoms with van der Waals surface area (Å²) in [4.78, 5) is 12.4. The van der Waals surface area contributed by atoms with Crippen molar-refractivity contribution in [3.05, 3.63) is 106 Å². The molecule has 2 heterocycles. The number of aryl methyl sites for hydroxylation is 1. The average Bonchev–Trinajstić information content (AvgIpc) is 3.43. The number of carbonyl (C=O) groups excluding carboxylic acids is 1. The summed E-state index contributed by atoms with van der Waals surface area (Å²) in [6, 6.07) is 21.9. The number of halogens is 1. The second kappa shape index (κ2) is 9.67. The molecule has 2 aromatic carbocycles. The molecule has 33 heavy (non-hydrogen) atoms. The van der Waals surface area contributed by atoms with Gasteiger partial charge in [-0.1, -0.05) is 56.3 Å². The lowest BCUT2D eigenvalue weighted by atomic mass is 9.78. The van der Waals surface area contributed by atoms with Gasteiger partial charge in [0.05, 0.1) is 22.9 Å². The van der Waals surface area contributed by atoms with Crippen LogP contribution in [0.3, 0.4) is 0 Å². The molecule has 0 unspecified atom stereocenters. The van der Waals surface area contributed by atoms with Crippen LogP contribution in [-0.2, 0) is 25.6 Å². The fourth-order valence-corrected chi connectivity index (χ4v) is 4.10. The van der Waals surface area contributed by atoms with Crippen LogP contribution in [0.15, 0.2) is 81.8 Å². The molecule has 170 valence electrons. The van der Waals surface area contributed by atoms with Crippen LogP contribution in [0, 0.1) is 0 Å². The van der Waals surface area contributed by atoms with Gasteiger partial charge in [0.1, 0.15) is 18.1 Å². The lowest BCUT2D eigenvalue weighted by molar-refractivity contribution is 0.0918. The lowest BCUT2D eigenvalue weighted by Gasteiger charge is -2.26. The van der Waals surface area contributed by atoms with Gasteiger partial charge in [-0.3, -0.25) is 9.48 Å². The SMILES string of the molecule is Cn1ncc(Br)c1CNC(=O)c1ccc(COc2ccc(C(C)(C)c3ccccc3)cc2)o1. The summed E-state index contributed by atoms with van der Waals surface area (Å²) >= 11 is 3.42. The maximum atomic E-state index is 12.4. The number of carbonyl (C=O) groups is 1. The number of furan rings is 1. The Kier molecular flexibility index (Phi) is 6.70. The highest BCUT2D eigenvalue weighted by Crippen LogP contribution is 2.32. The van der Waals surface area contributed by atoms with Gasteiger partial charge in [0.15, 0.2) is 5.76 Å². The third-order valence-corrected chi connectivity index (χ3v) is 6.43. The molecule has 2 aromatic heterocycles. The standard InChI is InChI=1S/C26H26BrN3O3/c1-26(2,18-7-5-4-6-8-18)19-9-11-20(12-10-19)32-17-21-13-14-24(33-21)25(31)28-16-23-22(27)15-29-30(23)3/h4-15H,16-17H2,1-3H3,(H,28,31). The van der Waals surface area contributed by atoms with Crippen LogP contribution in [0.5, 0.6) is 5.75 Å². The molecule has 0 saturated heterocycles. The summed E-state index contributed by atoms with van der Waals surface area (Å²) in [6.07, 6.45) is 1.69. The Hall–Kier alpha value is -3.32. The first-order chi connectivity index (χ1) is 15.8. The summed E-state index contributed by atoms with van der Waals surface area (Å²) in [6.45, 7) is 5.00. The minimum absolute atomic E-state index is 0.103. The number of nitrogens with one attached hydrogen (secondary N) is 1. The second-order valence-electron chi connectivity index (χ2n) is 8.32. The number of amides is 1. The van der Waals surface area contributed by atoms with Gasteiger partial charge in [-0.15, -0.1) is 0 Å². The van der Waals surface area contributed by atoms with Crippen molar-refractivity contribution >= 4 is 21.8 Å². The van der Waals surface area contributed by atoms with E-state index in [0.717, 1.165) is 15.9 Å². The van der Waals surface area contributed by atoms with Crippen molar-refractivity contribution in [1.29, 1.82) is 0 Å². The Morgan fingerprint density at radius 2 is 1.76 bits per heavy atom. The molecule has 0 fully saturated rings. The maximum absolute atomic E-state index is 12.4. The number of hydrogen-bond acceptors (Lipinski definition) is 4. The molecule has 1 N–H and O–H groups in total. The zero-order valence-corrected chi connectivity index (χ0v) is 20.4. The normalized spacial score (nSPS) is 11.4. The quantitative estimate of drug-likeness (QED) is 0.336. The van der Waals surface area contributed by atoms with Crippen molar-refractivity contribution in [2.45, 2.75) is 32.4 Å². The minimum Gasteiger partial charge on any atom is -0.486 e. The predicted octanol–water partition coefficient (Wildman–Crippen LogP) is 5.61. The average molecular weight is 508 g/mol. The summed E-state index contributed by atoms with van der Waals surface area (Å²) in [7, 11) is 1.82. The van der Waals surface area contributed by atoms with E-state index < -0.39 is 0 Å². The van der Waals surface area contributed by atoms with Gasteiger partial charge in [0.25, 0.3) is 5.91 Å². The molecule has 0 aliphatic rings. The Morgan fingerprint density at radius 1 is 1.06 bits per heavy atom. The van der Waals surface area contributed by atoms with Gasteiger partial charge < -0.3 is 14.5 Å². The fraction of sp³-hybridized carbons (Fsp3) is 0.231. The summed E-state index contributed by atoms with van der Waals surface area (Å²) in [5, 5.41) is 6.98. The first-order valence-corrected chi connectivity index (χ1v) is 11.5. The van der Waals surface area contributed by atoms with Crippen molar-refractivity contribution < 1.29 is 13.9 Å². The van der Waals surface area contributed by atoms with Crippen molar-refractivity contribution in [3.63, 3.8) is 0 Å². The molecule has 0 spiro atoms. The van der Waals surface area contributed by atoms with E-state index >= 15 is 0 Å². The second-order valence-corrected chi connectivity index (χ2v) is 9.17. The fourth-order valence-electron chi connectivity index (χ4n) is 3.61. The van der Waals surface area contributed by atoms with Gasteiger partial charge >= 0.3 is 0 Å². The Bertz CT molecular complexity index is 1210. The van der Waals surface area contributed by atoms with Crippen molar-refractivity contribution in [3.8, 4) is 5.75 Å². The Labute approximate surface area is 201 Å². The third-order valence-electron chi connectivity index (χ3n) is 5.77. The monoisotopic (exact) mass is 507 g/mol. The van der Waals surface area contributed by atoms with Crippen LogP contribution >= 0.6 is 15.9 Å². The smallest absolute Gasteiger partial charge is 0.287 e. The van der Waals surface area contributed by atoms with Crippen LogP contribution in [0.25, 0.3) is 0 Å². The molecule has 4 aromatic rings. The van der Waals surface area contributed by atoms with Crippen molar-refractivity contribution in [1.82, 2.24) is 15.1 Å². The number of benzene rings is 2. The Morgan fingerprint density at radius 3 is 2.42 bits per heavy atom. The molecule has 7 heteroatoms. The van der Waals surface area contributed by atoms with Crippen LogP contribution in [0.2, 0.25) is 0 Å². The topological polar surface area (TPSA) is 69.3 Å². The van der Waals surface area contributed by atoms with E-state index in [4.69, 9.17) is 9.15 Å². The van der Waals surface area contributed by atoms with E-state index in [9.17, 15) is 4.79 Å². The number of nitrogens with zero attached hydrogens (tertiary/aromatic N) is 2. The molecule has 0 aliphatic carbocycles. The minimum atomic E-state index is -0.290. The van der Waals surface area contributed by atoms with Crippen molar-refractivity contribution in [2.75, 3.05) is 0 Å². The summed E-state index contributed by atoms with van der Waals surface area (Å²) in [5.74, 6) is 1.27. The highest BCUT2D eigenvalue weighted by atomic mass is 79.9. The first kappa shape index (κ1) is 22.9. The molecular weight excluding hydrogens is 482 g/mol. The maximum Gasteiger partial charge on any atom is 0.287 e. The van der Waals surface area contributed by atoms with Gasteiger partial charge in [-0.2, -0.15) is 5.10 Å². The third kappa shape index (κ3) is 5.20. The van der Waals surface area contributed by atoms with E-state index in [1.807, 2.05) is 25.2 Å². The molecule has 4 rings (SSSR count). The summed E-state index contributed by atoms with van der Waals surface area (Å²) in [5.41, 5.74) is 3.24. The number of hydrogen-bond donors (Lipinski definition) is 1. The molecule has 1 amide bonds. The van der Waals surface area contributed by atoms with Crippen molar-refractivity contribution in [2.24, 2.45) is 7.05 Å². The zero-order valence-electron chi connectivity index (χ0n) is 18.8. The van der Waals surface area contributed by atoms with E-state index in [0.29, 0.717) is 12.3 Å². The summed E-state index contributed by atoms with van der Waals surface area (Å²) < 4.78 is 14.1. The number of aromatic nitrogens is 2. The van der Waals surface area contributed by atoms with Gasteiger partial charge in [0, 0.05) is 12.5 Å². The molecule has 0 saturated carbocycles. The number of ether oxygens (including phenoxy) is 1. The van der Waals surface area contributed by atoms with Crippen LogP contribution in [0.4, 0.5) is 0 Å². The van der Waals surface area contributed by atoms with E-state index in [-0.39, 0.29) is 23.7 Å². The van der Waals surface area contributed by atoms with Crippen LogP contribution in [0.1, 0.15) is 47.0 Å². The van der Waals surface area contributed by atoms with E-state index in [1.165, 1.54) is 11.1 Å². The molecule has 0 bridgehead atoms. The highest BCUT2D eigenvalue weighted by molar-refractivity contribution is 9.10. The molecule has 0 atom stereocenters. The van der Waals surface area contributed by atoms with Gasteiger partial charge in [0.2, 0.25) is 0 Å². The molecular formula is C26H26BrN3O3. The lowest BCUT2D eigenvalue weighted by Crippen LogP contribution is -2.23. The van der Waals surface area contributed by atoms with Crippen LogP contribution in [-0.4, -0.2) is 15.7 Å². The van der Waals surface area contributed by atoms with E-state index in [1.54, 1.807) is 23.0 Å². The molecule has 0 radical (unpaired) electrons. The Balaban J connectivity index is 1.33. The molecule has 0 aliphatic heterocycles.